The van der Waals surface area contributed by atoms with E-state index in [1.807, 2.05) is 26.8 Å². The minimum Gasteiger partial charge on any atom is -0.481 e. The Bertz CT molecular complexity index is 955. The van der Waals surface area contributed by atoms with E-state index in [4.69, 9.17) is 24.3 Å². The fourth-order valence-corrected chi connectivity index (χ4v) is 4.61. The molecule has 1 aliphatic heterocycles. The van der Waals surface area contributed by atoms with Crippen molar-refractivity contribution in [3.63, 3.8) is 0 Å². The maximum Gasteiger partial charge on any atom is 0.224 e. The Hall–Kier alpha value is -2.53. The summed E-state index contributed by atoms with van der Waals surface area (Å²) in [5.41, 5.74) is 2.47. The third-order valence-corrected chi connectivity index (χ3v) is 6.08. The molecular formula is C23H33N5O5. The molecule has 2 fully saturated rings. The van der Waals surface area contributed by atoms with Crippen LogP contribution < -0.4 is 15.4 Å². The molecule has 4 atom stereocenters. The maximum absolute atomic E-state index is 9.92. The highest BCUT2D eigenvalue weighted by Crippen LogP contribution is 2.43. The molecule has 0 bridgehead atoms. The van der Waals surface area contributed by atoms with Gasteiger partial charge in [-0.05, 0) is 39.7 Å². The first kappa shape index (κ1) is 23.6. The lowest BCUT2D eigenvalue weighted by Gasteiger charge is -2.25. The number of hydrogen-bond acceptors (Lipinski definition) is 10. The van der Waals surface area contributed by atoms with E-state index in [-0.39, 0.29) is 37.4 Å². The number of aromatic nitrogens is 3. The van der Waals surface area contributed by atoms with E-state index in [1.165, 1.54) is 0 Å². The first-order valence-electron chi connectivity index (χ1n) is 11.3. The number of aryl methyl sites for hydroxylation is 1. The van der Waals surface area contributed by atoms with Crippen LogP contribution in [-0.2, 0) is 9.47 Å². The highest BCUT2D eigenvalue weighted by atomic mass is 16.8. The minimum atomic E-state index is -0.704. The van der Waals surface area contributed by atoms with Gasteiger partial charge in [-0.2, -0.15) is 4.98 Å². The van der Waals surface area contributed by atoms with Crippen LogP contribution in [0.5, 0.6) is 5.88 Å². The first-order valence-corrected chi connectivity index (χ1v) is 11.3. The van der Waals surface area contributed by atoms with Crippen LogP contribution in [-0.4, -0.2) is 76.1 Å². The number of pyridine rings is 1. The van der Waals surface area contributed by atoms with Crippen LogP contribution >= 0.6 is 0 Å². The molecule has 1 aliphatic carbocycles. The summed E-state index contributed by atoms with van der Waals surface area (Å²) in [5.74, 6) is 0.926. The van der Waals surface area contributed by atoms with Gasteiger partial charge in [-0.25, -0.2) is 9.97 Å². The van der Waals surface area contributed by atoms with Gasteiger partial charge in [0.15, 0.2) is 5.79 Å². The predicted molar refractivity (Wildman–Crippen MR) is 123 cm³/mol. The fourth-order valence-electron chi connectivity index (χ4n) is 4.61. The summed E-state index contributed by atoms with van der Waals surface area (Å²) >= 11 is 0. The van der Waals surface area contributed by atoms with E-state index in [9.17, 15) is 5.11 Å². The number of nitrogens with one attached hydrogen (secondary N) is 2. The number of methoxy groups -OCH3 is 1. The minimum absolute atomic E-state index is 0.0227. The molecule has 0 spiro atoms. The first-order chi connectivity index (χ1) is 15.8. The van der Waals surface area contributed by atoms with E-state index in [0.29, 0.717) is 37.0 Å². The number of ether oxygens (including phenoxy) is 3. The molecule has 1 saturated heterocycles. The third-order valence-electron chi connectivity index (χ3n) is 6.08. The van der Waals surface area contributed by atoms with E-state index >= 15 is 0 Å². The second kappa shape index (κ2) is 9.76. The Balaban J connectivity index is 1.68. The highest BCUT2D eigenvalue weighted by Gasteiger charge is 2.54. The lowest BCUT2D eigenvalue weighted by Crippen LogP contribution is -2.35. The largest absolute Gasteiger partial charge is 0.481 e. The van der Waals surface area contributed by atoms with Crippen molar-refractivity contribution in [2.24, 2.45) is 5.92 Å². The molecule has 0 amide bonds. The molecule has 2 aliphatic rings. The van der Waals surface area contributed by atoms with Gasteiger partial charge in [0.25, 0.3) is 0 Å². The van der Waals surface area contributed by atoms with Gasteiger partial charge in [0.05, 0.1) is 24.9 Å². The van der Waals surface area contributed by atoms with Gasteiger partial charge in [0.2, 0.25) is 11.8 Å². The lowest BCUT2D eigenvalue weighted by atomic mass is 10.1. The van der Waals surface area contributed by atoms with Crippen molar-refractivity contribution >= 4 is 11.8 Å². The van der Waals surface area contributed by atoms with Gasteiger partial charge in [-0.3, -0.25) is 0 Å². The van der Waals surface area contributed by atoms with E-state index < -0.39 is 5.79 Å². The van der Waals surface area contributed by atoms with Gasteiger partial charge in [-0.1, -0.05) is 0 Å². The van der Waals surface area contributed by atoms with Crippen molar-refractivity contribution in [3.8, 4) is 17.0 Å². The number of fused-ring (bicyclic) bond motifs is 1. The second-order valence-corrected chi connectivity index (χ2v) is 8.94. The summed E-state index contributed by atoms with van der Waals surface area (Å²) in [6, 6.07) is 3.63. The van der Waals surface area contributed by atoms with Crippen LogP contribution in [0.2, 0.25) is 0 Å². The van der Waals surface area contributed by atoms with Crippen molar-refractivity contribution in [1.82, 2.24) is 15.0 Å². The fraction of sp³-hybridized carbons (Fsp3) is 0.609. The summed E-state index contributed by atoms with van der Waals surface area (Å²) in [6.45, 7) is 6.39. The molecule has 10 nitrogen and oxygen atoms in total. The summed E-state index contributed by atoms with van der Waals surface area (Å²) < 4.78 is 17.5. The molecule has 10 heteroatoms. The predicted octanol–water partition coefficient (Wildman–Crippen LogP) is 1.96. The summed E-state index contributed by atoms with van der Waals surface area (Å²) in [5, 5.41) is 25.8. The number of hydrogen-bond donors (Lipinski definition) is 4. The number of aliphatic hydroxyl groups excluding tert-OH is 2. The zero-order valence-corrected chi connectivity index (χ0v) is 19.5. The molecule has 0 unspecified atom stereocenters. The average Bonchev–Trinajstić information content (AvgIpc) is 3.27. The molecular weight excluding hydrogens is 426 g/mol. The molecule has 2 aromatic heterocycles. The van der Waals surface area contributed by atoms with Crippen molar-refractivity contribution < 1.29 is 24.4 Å². The molecule has 0 aromatic carbocycles. The standard InChI is InChI=1S/C23H33N5O5/c1-13-18(14-6-7-17(31-4)25-11-14)21(28-22(26-13)24-8-5-9-29)27-16-10-15(12-30)19-20(16)33-23(2,3)32-19/h6-7,11,15-16,19-20,29-30H,5,8-10,12H2,1-4H3,(H2,24,26,27,28)/t15-,16-,19-,20+/m1/s1. The number of aliphatic hydroxyl groups is 2. The van der Waals surface area contributed by atoms with Crippen LogP contribution in [0.4, 0.5) is 11.8 Å². The summed E-state index contributed by atoms with van der Waals surface area (Å²) in [7, 11) is 1.58. The topological polar surface area (TPSA) is 131 Å². The molecule has 4 N–H and O–H groups in total. The second-order valence-electron chi connectivity index (χ2n) is 8.94. The van der Waals surface area contributed by atoms with Crippen molar-refractivity contribution in [3.05, 3.63) is 24.0 Å². The van der Waals surface area contributed by atoms with Gasteiger partial charge >= 0.3 is 0 Å². The average molecular weight is 460 g/mol. The Labute approximate surface area is 193 Å². The third kappa shape index (κ3) is 5.03. The summed E-state index contributed by atoms with van der Waals surface area (Å²) in [6.07, 6.45) is 2.64. The monoisotopic (exact) mass is 459 g/mol. The van der Waals surface area contributed by atoms with Crippen LogP contribution in [0, 0.1) is 12.8 Å². The Morgan fingerprint density at radius 1 is 1.18 bits per heavy atom. The molecule has 180 valence electrons. The van der Waals surface area contributed by atoms with Gasteiger partial charge in [-0.15, -0.1) is 0 Å². The van der Waals surface area contributed by atoms with Crippen LogP contribution in [0.3, 0.4) is 0 Å². The van der Waals surface area contributed by atoms with E-state index in [1.54, 1.807) is 19.4 Å². The highest BCUT2D eigenvalue weighted by molar-refractivity contribution is 5.78. The zero-order chi connectivity index (χ0) is 23.6. The number of nitrogens with zero attached hydrogens (tertiary/aromatic N) is 3. The van der Waals surface area contributed by atoms with Crippen molar-refractivity contribution in [2.45, 2.75) is 57.6 Å². The van der Waals surface area contributed by atoms with Gasteiger partial charge < -0.3 is 35.1 Å². The van der Waals surface area contributed by atoms with Crippen molar-refractivity contribution in [2.75, 3.05) is 37.5 Å². The maximum atomic E-state index is 9.92. The van der Waals surface area contributed by atoms with E-state index in [2.05, 4.69) is 20.6 Å². The van der Waals surface area contributed by atoms with Crippen LogP contribution in [0.15, 0.2) is 18.3 Å². The Kier molecular flexibility index (Phi) is 6.99. The molecule has 4 rings (SSSR count). The molecule has 2 aromatic rings. The van der Waals surface area contributed by atoms with Crippen molar-refractivity contribution in [1.29, 1.82) is 0 Å². The van der Waals surface area contributed by atoms with Gasteiger partial charge in [0, 0.05) is 49.1 Å². The Morgan fingerprint density at radius 3 is 2.64 bits per heavy atom. The number of rotatable bonds is 9. The molecule has 33 heavy (non-hydrogen) atoms. The Morgan fingerprint density at radius 2 is 1.97 bits per heavy atom. The summed E-state index contributed by atoms with van der Waals surface area (Å²) in [4.78, 5) is 13.7. The van der Waals surface area contributed by atoms with Crippen LogP contribution in [0.1, 0.15) is 32.4 Å². The molecule has 0 radical (unpaired) electrons. The number of anilines is 2. The van der Waals surface area contributed by atoms with Gasteiger partial charge in [0.1, 0.15) is 11.9 Å². The molecule has 3 heterocycles. The van der Waals surface area contributed by atoms with Crippen LogP contribution in [0.25, 0.3) is 11.1 Å². The van der Waals surface area contributed by atoms with E-state index in [0.717, 1.165) is 16.8 Å². The normalized spacial score (nSPS) is 25.6. The SMILES string of the molecule is COc1ccc(-c2c(C)nc(NCCCO)nc2N[C@@H]2C[C@H](CO)[C@H]3OC(C)(C)O[C@H]32)cn1. The molecule has 1 saturated carbocycles. The zero-order valence-electron chi connectivity index (χ0n) is 19.5. The smallest absolute Gasteiger partial charge is 0.224 e. The lowest BCUT2D eigenvalue weighted by molar-refractivity contribution is -0.158. The quantitative estimate of drug-likeness (QED) is 0.413.